The molecule has 0 atom stereocenters. The van der Waals surface area contributed by atoms with E-state index in [1.807, 2.05) is 31.4 Å². The molecule has 4 N–H and O–H groups in total. The third kappa shape index (κ3) is 6.00. The molecule has 0 aromatic heterocycles. The molecule has 0 aliphatic carbocycles. The molecule has 0 saturated carbocycles. The number of hydrazine groups is 2. The standard InChI is InChI=1S/C20H27N5OS2/c1-14-8-10-16(11-9-14)12-23-19(27-4)28-13-17-15(2)6-5-7-18(17)25(22)20(26)24(3)21/h5-11H,12-13,21-22H2,1-4H3/b23-19-. The van der Waals surface area contributed by atoms with Crippen molar-refractivity contribution in [3.05, 3.63) is 64.7 Å². The van der Waals surface area contributed by atoms with E-state index in [0.717, 1.165) is 25.5 Å². The summed E-state index contributed by atoms with van der Waals surface area (Å²) in [4.78, 5) is 16.9. The van der Waals surface area contributed by atoms with Crippen molar-refractivity contribution in [2.45, 2.75) is 26.1 Å². The number of aliphatic imine (C=N–C) groups is 1. The van der Waals surface area contributed by atoms with Crippen LogP contribution < -0.4 is 16.7 Å². The number of nitrogens with two attached hydrogens (primary N) is 2. The molecule has 0 bridgehead atoms. The molecule has 0 aliphatic rings. The van der Waals surface area contributed by atoms with Gasteiger partial charge in [-0.15, -0.1) is 11.8 Å². The zero-order valence-corrected chi connectivity index (χ0v) is 18.3. The van der Waals surface area contributed by atoms with Crippen LogP contribution in [0.25, 0.3) is 0 Å². The van der Waals surface area contributed by atoms with Crippen molar-refractivity contribution in [2.75, 3.05) is 18.3 Å². The Kier molecular flexibility index (Phi) is 8.37. The van der Waals surface area contributed by atoms with Crippen molar-refractivity contribution in [1.29, 1.82) is 0 Å². The fourth-order valence-corrected chi connectivity index (χ4v) is 4.17. The maximum atomic E-state index is 12.2. The molecule has 0 saturated heterocycles. The van der Waals surface area contributed by atoms with Gasteiger partial charge in [-0.2, -0.15) is 0 Å². The minimum atomic E-state index is -0.477. The summed E-state index contributed by atoms with van der Waals surface area (Å²) >= 11 is 3.25. The Hall–Kier alpha value is -2.00. The molecule has 2 amide bonds. The Morgan fingerprint density at radius 1 is 1.11 bits per heavy atom. The maximum Gasteiger partial charge on any atom is 0.352 e. The molecule has 0 unspecified atom stereocenters. The summed E-state index contributed by atoms with van der Waals surface area (Å²) in [6.45, 7) is 4.72. The van der Waals surface area contributed by atoms with Crippen LogP contribution in [0.15, 0.2) is 47.5 Å². The molecule has 2 aromatic carbocycles. The van der Waals surface area contributed by atoms with E-state index >= 15 is 0 Å². The average molecular weight is 418 g/mol. The zero-order chi connectivity index (χ0) is 20.7. The summed E-state index contributed by atoms with van der Waals surface area (Å²) in [5, 5.41) is 2.06. The Morgan fingerprint density at radius 2 is 1.79 bits per heavy atom. The number of amides is 2. The van der Waals surface area contributed by atoms with Crippen LogP contribution in [-0.2, 0) is 12.3 Å². The lowest BCUT2D eigenvalue weighted by atomic mass is 10.1. The van der Waals surface area contributed by atoms with Crippen molar-refractivity contribution < 1.29 is 4.79 Å². The first-order valence-electron chi connectivity index (χ1n) is 8.76. The van der Waals surface area contributed by atoms with Gasteiger partial charge in [-0.3, -0.25) is 10.0 Å². The van der Waals surface area contributed by atoms with Gasteiger partial charge in [0.2, 0.25) is 0 Å². The minimum Gasteiger partial charge on any atom is -0.267 e. The Balaban J connectivity index is 2.14. The molecule has 0 aliphatic heterocycles. The monoisotopic (exact) mass is 417 g/mol. The minimum absolute atomic E-state index is 0.477. The van der Waals surface area contributed by atoms with E-state index in [2.05, 4.69) is 31.2 Å². The summed E-state index contributed by atoms with van der Waals surface area (Å²) in [5.74, 6) is 12.2. The number of hydrogen-bond donors (Lipinski definition) is 2. The Morgan fingerprint density at radius 3 is 2.39 bits per heavy atom. The quantitative estimate of drug-likeness (QED) is 0.252. The fourth-order valence-electron chi connectivity index (χ4n) is 2.53. The van der Waals surface area contributed by atoms with E-state index in [1.54, 1.807) is 23.5 Å². The van der Waals surface area contributed by atoms with Crippen LogP contribution in [0.4, 0.5) is 10.5 Å². The van der Waals surface area contributed by atoms with Crippen LogP contribution >= 0.6 is 23.5 Å². The second-order valence-electron chi connectivity index (χ2n) is 6.40. The number of benzene rings is 2. The van der Waals surface area contributed by atoms with Gasteiger partial charge in [-0.25, -0.2) is 21.5 Å². The SMILES string of the molecule is CS/C(=N/Cc1ccc(C)cc1)SCc1c(C)cccc1N(N)C(=O)N(C)N. The van der Waals surface area contributed by atoms with Gasteiger partial charge < -0.3 is 0 Å². The summed E-state index contributed by atoms with van der Waals surface area (Å²) in [6, 6.07) is 13.6. The summed E-state index contributed by atoms with van der Waals surface area (Å²) in [6.07, 6.45) is 2.02. The van der Waals surface area contributed by atoms with E-state index in [1.165, 1.54) is 18.2 Å². The number of carbonyl (C=O) groups is 1. The predicted octanol–water partition coefficient (Wildman–Crippen LogP) is 4.06. The lowest BCUT2D eigenvalue weighted by Gasteiger charge is -2.24. The first-order chi connectivity index (χ1) is 13.3. The molecule has 8 heteroatoms. The van der Waals surface area contributed by atoms with E-state index in [-0.39, 0.29) is 0 Å². The molecule has 2 rings (SSSR count). The molecule has 28 heavy (non-hydrogen) atoms. The van der Waals surface area contributed by atoms with Crippen molar-refractivity contribution in [2.24, 2.45) is 16.7 Å². The topological polar surface area (TPSA) is 88.0 Å². The number of thioether (sulfide) groups is 2. The van der Waals surface area contributed by atoms with Crippen LogP contribution in [0.1, 0.15) is 22.3 Å². The highest BCUT2D eigenvalue weighted by Gasteiger charge is 2.19. The van der Waals surface area contributed by atoms with Gasteiger partial charge in [-0.1, -0.05) is 53.7 Å². The first kappa shape index (κ1) is 22.3. The highest BCUT2D eigenvalue weighted by atomic mass is 32.2. The number of nitrogens with zero attached hydrogens (tertiary/aromatic N) is 3. The molecular weight excluding hydrogens is 390 g/mol. The lowest BCUT2D eigenvalue weighted by molar-refractivity contribution is 0.216. The predicted molar refractivity (Wildman–Crippen MR) is 122 cm³/mol. The molecule has 0 spiro atoms. The zero-order valence-electron chi connectivity index (χ0n) is 16.7. The highest BCUT2D eigenvalue weighted by molar-refractivity contribution is 8.38. The van der Waals surface area contributed by atoms with Crippen molar-refractivity contribution in [3.8, 4) is 0 Å². The summed E-state index contributed by atoms with van der Waals surface area (Å²) in [5.41, 5.74) is 5.12. The molecule has 0 radical (unpaired) electrons. The van der Waals surface area contributed by atoms with Crippen LogP contribution in [0.2, 0.25) is 0 Å². The van der Waals surface area contributed by atoms with Crippen LogP contribution in [0, 0.1) is 13.8 Å². The van der Waals surface area contributed by atoms with Gasteiger partial charge in [-0.05, 0) is 42.9 Å². The number of aryl methyl sites for hydroxylation is 2. The fraction of sp³-hybridized carbons (Fsp3) is 0.300. The van der Waals surface area contributed by atoms with Gasteiger partial charge in [0.15, 0.2) is 0 Å². The van der Waals surface area contributed by atoms with Crippen molar-refractivity contribution in [1.82, 2.24) is 5.01 Å². The van der Waals surface area contributed by atoms with E-state index in [0.29, 0.717) is 18.0 Å². The number of rotatable bonds is 5. The third-order valence-electron chi connectivity index (χ3n) is 4.18. The second kappa shape index (κ2) is 10.5. The number of carbonyl (C=O) groups excluding carboxylic acids is 1. The van der Waals surface area contributed by atoms with Crippen molar-refractivity contribution in [3.63, 3.8) is 0 Å². The first-order valence-corrected chi connectivity index (χ1v) is 11.0. The summed E-state index contributed by atoms with van der Waals surface area (Å²) < 4.78 is 0.987. The molecule has 0 fully saturated rings. The average Bonchev–Trinajstić information content (AvgIpc) is 2.68. The van der Waals surface area contributed by atoms with E-state index in [9.17, 15) is 4.79 Å². The van der Waals surface area contributed by atoms with Gasteiger partial charge in [0, 0.05) is 12.8 Å². The van der Waals surface area contributed by atoms with Gasteiger partial charge >= 0.3 is 6.03 Å². The van der Waals surface area contributed by atoms with E-state index in [4.69, 9.17) is 16.7 Å². The molecule has 6 nitrogen and oxygen atoms in total. The second-order valence-corrected chi connectivity index (χ2v) is 8.41. The lowest BCUT2D eigenvalue weighted by Crippen LogP contribution is -2.49. The molecular formula is C20H27N5OS2. The smallest absolute Gasteiger partial charge is 0.267 e. The normalized spacial score (nSPS) is 11.4. The number of hydrogen-bond acceptors (Lipinski definition) is 6. The van der Waals surface area contributed by atoms with E-state index < -0.39 is 6.03 Å². The van der Waals surface area contributed by atoms with Gasteiger partial charge in [0.05, 0.1) is 12.2 Å². The van der Waals surface area contributed by atoms with Crippen LogP contribution in [-0.4, -0.2) is 28.7 Å². The van der Waals surface area contributed by atoms with Crippen LogP contribution in [0.5, 0.6) is 0 Å². The number of anilines is 1. The number of urea groups is 1. The van der Waals surface area contributed by atoms with Crippen molar-refractivity contribution >= 4 is 39.6 Å². The molecule has 150 valence electrons. The molecule has 2 aromatic rings. The largest absolute Gasteiger partial charge is 0.352 e. The van der Waals surface area contributed by atoms with Gasteiger partial charge in [0.1, 0.15) is 4.38 Å². The van der Waals surface area contributed by atoms with Gasteiger partial charge in [0.25, 0.3) is 0 Å². The maximum absolute atomic E-state index is 12.2. The third-order valence-corrected chi connectivity index (χ3v) is 6.32. The van der Waals surface area contributed by atoms with Crippen LogP contribution in [0.3, 0.4) is 0 Å². The summed E-state index contributed by atoms with van der Waals surface area (Å²) in [7, 11) is 1.47. The Bertz CT molecular complexity index is 837. The highest BCUT2D eigenvalue weighted by Crippen LogP contribution is 2.29. The molecule has 0 heterocycles. The Labute approximate surface area is 175 Å².